The largest absolute Gasteiger partial charge is 0.483 e. The molecular weight excluding hydrogens is 424 g/mol. The summed E-state index contributed by atoms with van der Waals surface area (Å²) >= 11 is 0. The van der Waals surface area contributed by atoms with Crippen LogP contribution in [0.5, 0.6) is 5.75 Å². The van der Waals surface area contributed by atoms with E-state index in [9.17, 15) is 14.4 Å². The zero-order chi connectivity index (χ0) is 23.6. The van der Waals surface area contributed by atoms with Gasteiger partial charge in [-0.2, -0.15) is 5.10 Å². The number of nitrogens with one attached hydrogen (secondary N) is 3. The van der Waals surface area contributed by atoms with Crippen molar-refractivity contribution in [2.45, 2.75) is 32.8 Å². The molecule has 0 radical (unpaired) electrons. The Bertz CT molecular complexity index is 1030. The Hall–Kier alpha value is -3.72. The lowest BCUT2D eigenvalue weighted by Gasteiger charge is -2.11. The first kappa shape index (κ1) is 23.9. The lowest BCUT2D eigenvalue weighted by atomic mass is 10.1. The Kier molecular flexibility index (Phi) is 8.54. The van der Waals surface area contributed by atoms with E-state index >= 15 is 0 Å². The van der Waals surface area contributed by atoms with Crippen LogP contribution in [0.15, 0.2) is 47.6 Å². The average molecular weight is 453 g/mol. The van der Waals surface area contributed by atoms with E-state index in [2.05, 4.69) is 21.2 Å². The first-order valence-electron chi connectivity index (χ1n) is 10.7. The summed E-state index contributed by atoms with van der Waals surface area (Å²) in [6.45, 7) is 4.63. The van der Waals surface area contributed by atoms with Gasteiger partial charge in [-0.1, -0.05) is 24.3 Å². The van der Waals surface area contributed by atoms with Crippen LogP contribution >= 0.6 is 0 Å². The number of anilines is 1. The number of benzene rings is 2. The minimum atomic E-state index is -0.879. The van der Waals surface area contributed by atoms with E-state index in [4.69, 9.17) is 9.47 Å². The summed E-state index contributed by atoms with van der Waals surface area (Å²) in [4.78, 5) is 36.1. The molecule has 9 heteroatoms. The number of ether oxygens (including phenoxy) is 2. The predicted molar refractivity (Wildman–Crippen MR) is 124 cm³/mol. The summed E-state index contributed by atoms with van der Waals surface area (Å²) in [5, 5.41) is 9.18. The summed E-state index contributed by atoms with van der Waals surface area (Å²) < 4.78 is 11.0. The van der Waals surface area contributed by atoms with Gasteiger partial charge >= 0.3 is 11.8 Å². The average Bonchev–Trinajstić information content (AvgIpc) is 3.33. The second-order valence-electron chi connectivity index (χ2n) is 7.74. The zero-order valence-electron chi connectivity index (χ0n) is 18.7. The van der Waals surface area contributed by atoms with Gasteiger partial charge in [-0.15, -0.1) is 0 Å². The minimum absolute atomic E-state index is 0.0543. The quantitative estimate of drug-likeness (QED) is 0.322. The molecule has 9 nitrogen and oxygen atoms in total. The van der Waals surface area contributed by atoms with Crippen molar-refractivity contribution < 1.29 is 23.9 Å². The highest BCUT2D eigenvalue weighted by molar-refractivity contribution is 6.35. The molecule has 0 aliphatic carbocycles. The highest BCUT2D eigenvalue weighted by atomic mass is 16.5. The third-order valence-electron chi connectivity index (χ3n) is 5.04. The maximum atomic E-state index is 12.3. The Morgan fingerprint density at radius 3 is 2.76 bits per heavy atom. The fourth-order valence-electron chi connectivity index (χ4n) is 3.22. The summed E-state index contributed by atoms with van der Waals surface area (Å²) in [5.41, 5.74) is 5.46. The SMILES string of the molecule is Cc1ccc(C)c(NC(=O)COc2ccccc2/C=N\NC(=O)C(=O)NC[C@H]2CCCO2)c1. The van der Waals surface area contributed by atoms with E-state index in [1.165, 1.54) is 6.21 Å². The van der Waals surface area contributed by atoms with Crippen LogP contribution < -0.4 is 20.8 Å². The maximum Gasteiger partial charge on any atom is 0.329 e. The molecule has 1 saturated heterocycles. The standard InChI is InChI=1S/C24H28N4O5/c1-16-9-10-17(2)20(12-16)27-22(29)15-33-21-8-4-3-6-18(21)13-26-28-24(31)23(30)25-14-19-7-5-11-32-19/h3-4,6,8-10,12-13,19H,5,7,11,14-15H2,1-2H3,(H,25,30)(H,27,29)(H,28,31)/b26-13-/t19-/m1/s1. The minimum Gasteiger partial charge on any atom is -0.483 e. The molecule has 2 aromatic carbocycles. The third kappa shape index (κ3) is 7.43. The Morgan fingerprint density at radius 2 is 1.97 bits per heavy atom. The van der Waals surface area contributed by atoms with E-state index in [1.807, 2.05) is 32.0 Å². The van der Waals surface area contributed by atoms with Crippen LogP contribution in [0.2, 0.25) is 0 Å². The number of hydrazone groups is 1. The molecule has 174 valence electrons. The molecule has 0 saturated carbocycles. The molecular formula is C24H28N4O5. The maximum absolute atomic E-state index is 12.3. The molecule has 1 heterocycles. The first-order chi connectivity index (χ1) is 15.9. The van der Waals surface area contributed by atoms with Crippen molar-refractivity contribution in [2.24, 2.45) is 5.10 Å². The number of amides is 3. The molecule has 1 fully saturated rings. The van der Waals surface area contributed by atoms with Gasteiger partial charge in [0, 0.05) is 24.4 Å². The van der Waals surface area contributed by atoms with E-state index in [-0.39, 0.29) is 25.2 Å². The van der Waals surface area contributed by atoms with Crippen molar-refractivity contribution in [2.75, 3.05) is 25.1 Å². The van der Waals surface area contributed by atoms with E-state index in [1.54, 1.807) is 24.3 Å². The molecule has 0 unspecified atom stereocenters. The van der Waals surface area contributed by atoms with Crippen LogP contribution in [-0.2, 0) is 19.1 Å². The van der Waals surface area contributed by atoms with Gasteiger partial charge in [0.1, 0.15) is 5.75 Å². The van der Waals surface area contributed by atoms with Crippen LogP contribution in [0, 0.1) is 13.8 Å². The van der Waals surface area contributed by atoms with Crippen molar-refractivity contribution in [3.05, 3.63) is 59.2 Å². The lowest BCUT2D eigenvalue weighted by Crippen LogP contribution is -2.41. The van der Waals surface area contributed by atoms with E-state index < -0.39 is 11.8 Å². The van der Waals surface area contributed by atoms with Crippen LogP contribution in [-0.4, -0.2) is 49.8 Å². The van der Waals surface area contributed by atoms with Gasteiger partial charge in [-0.05, 0) is 56.0 Å². The number of aryl methyl sites for hydroxylation is 2. The fraction of sp³-hybridized carbons (Fsp3) is 0.333. The van der Waals surface area contributed by atoms with Crippen LogP contribution in [0.25, 0.3) is 0 Å². The summed E-state index contributed by atoms with van der Waals surface area (Å²) in [6, 6.07) is 12.7. The number of hydrogen-bond acceptors (Lipinski definition) is 6. The van der Waals surface area contributed by atoms with Crippen LogP contribution in [0.1, 0.15) is 29.5 Å². The summed E-state index contributed by atoms with van der Waals surface area (Å²) in [6.07, 6.45) is 3.11. The highest BCUT2D eigenvalue weighted by Gasteiger charge is 2.19. The van der Waals surface area contributed by atoms with E-state index in [0.717, 1.165) is 29.7 Å². The zero-order valence-corrected chi connectivity index (χ0v) is 18.7. The van der Waals surface area contributed by atoms with Gasteiger partial charge in [0.2, 0.25) is 0 Å². The van der Waals surface area contributed by atoms with Gasteiger partial charge in [0.05, 0.1) is 12.3 Å². The van der Waals surface area contributed by atoms with Crippen molar-refractivity contribution in [3.8, 4) is 5.75 Å². The number of hydrogen-bond donors (Lipinski definition) is 3. The van der Waals surface area contributed by atoms with Crippen molar-refractivity contribution in [1.29, 1.82) is 0 Å². The molecule has 1 aliphatic rings. The van der Waals surface area contributed by atoms with Gasteiger partial charge < -0.3 is 20.1 Å². The fourth-order valence-corrected chi connectivity index (χ4v) is 3.22. The Morgan fingerprint density at radius 1 is 1.15 bits per heavy atom. The van der Waals surface area contributed by atoms with Crippen LogP contribution in [0.3, 0.4) is 0 Å². The molecule has 0 bridgehead atoms. The topological polar surface area (TPSA) is 118 Å². The smallest absolute Gasteiger partial charge is 0.329 e. The predicted octanol–water partition coefficient (Wildman–Crippen LogP) is 2.07. The van der Waals surface area contributed by atoms with Crippen molar-refractivity contribution in [1.82, 2.24) is 10.7 Å². The number of rotatable bonds is 8. The Balaban J connectivity index is 1.49. The number of carbonyl (C=O) groups is 3. The van der Waals surface area contributed by atoms with Gasteiger partial charge in [0.15, 0.2) is 6.61 Å². The summed E-state index contributed by atoms with van der Waals surface area (Å²) in [7, 11) is 0. The number of carbonyl (C=O) groups excluding carboxylic acids is 3. The molecule has 33 heavy (non-hydrogen) atoms. The molecule has 2 aromatic rings. The lowest BCUT2D eigenvalue weighted by molar-refractivity contribution is -0.139. The van der Waals surface area contributed by atoms with Crippen molar-refractivity contribution in [3.63, 3.8) is 0 Å². The molecule has 0 aromatic heterocycles. The molecule has 3 N–H and O–H groups in total. The normalized spacial score (nSPS) is 15.3. The molecule has 0 spiro atoms. The number of nitrogens with zero attached hydrogens (tertiary/aromatic N) is 1. The third-order valence-corrected chi connectivity index (χ3v) is 5.04. The number of para-hydroxylation sites is 1. The van der Waals surface area contributed by atoms with Gasteiger partial charge in [0.25, 0.3) is 5.91 Å². The highest BCUT2D eigenvalue weighted by Crippen LogP contribution is 2.18. The van der Waals surface area contributed by atoms with Gasteiger partial charge in [-0.25, -0.2) is 5.43 Å². The molecule has 3 amide bonds. The van der Waals surface area contributed by atoms with Crippen LogP contribution in [0.4, 0.5) is 5.69 Å². The first-order valence-corrected chi connectivity index (χ1v) is 10.7. The molecule has 1 atom stereocenters. The van der Waals surface area contributed by atoms with Gasteiger partial charge in [-0.3, -0.25) is 14.4 Å². The van der Waals surface area contributed by atoms with E-state index in [0.29, 0.717) is 17.9 Å². The second kappa shape index (κ2) is 11.8. The van der Waals surface area contributed by atoms with Crippen molar-refractivity contribution >= 4 is 29.6 Å². The summed E-state index contributed by atoms with van der Waals surface area (Å²) in [5.74, 6) is -1.55. The molecule has 1 aliphatic heterocycles. The molecule has 3 rings (SSSR count). The monoisotopic (exact) mass is 452 g/mol. The Labute approximate surface area is 192 Å². The second-order valence-corrected chi connectivity index (χ2v) is 7.74.